The normalized spacial score (nSPS) is 11.2. The number of thiophene rings is 1. The zero-order chi connectivity index (χ0) is 15.5. The third-order valence-corrected chi connectivity index (χ3v) is 5.04. The summed E-state index contributed by atoms with van der Waals surface area (Å²) in [6.07, 6.45) is 3.31. The monoisotopic (exact) mass is 330 g/mol. The molecule has 3 rings (SSSR count). The van der Waals surface area contributed by atoms with Crippen LogP contribution in [0.4, 0.5) is 5.13 Å². The van der Waals surface area contributed by atoms with Crippen LogP contribution >= 0.6 is 22.7 Å². The summed E-state index contributed by atoms with van der Waals surface area (Å²) in [5.41, 5.74) is 1.90. The average Bonchev–Trinajstić information content (AvgIpc) is 3.15. The quantitative estimate of drug-likeness (QED) is 0.725. The van der Waals surface area contributed by atoms with Crippen LogP contribution in [-0.4, -0.2) is 18.0 Å². The first-order valence-electron chi connectivity index (χ1n) is 6.64. The van der Waals surface area contributed by atoms with Crippen molar-refractivity contribution in [2.45, 2.75) is 6.92 Å². The van der Waals surface area contributed by atoms with Gasteiger partial charge in [-0.2, -0.15) is 0 Å². The maximum absolute atomic E-state index is 12.0. The van der Waals surface area contributed by atoms with E-state index >= 15 is 0 Å². The molecule has 4 nitrogen and oxygen atoms in total. The van der Waals surface area contributed by atoms with E-state index in [-0.39, 0.29) is 5.91 Å². The highest BCUT2D eigenvalue weighted by atomic mass is 32.1. The number of nitrogens with one attached hydrogen (secondary N) is 1. The highest BCUT2D eigenvalue weighted by Crippen LogP contribution is 2.34. The molecule has 6 heteroatoms. The first kappa shape index (κ1) is 14.7. The Kier molecular flexibility index (Phi) is 4.22. The van der Waals surface area contributed by atoms with Crippen molar-refractivity contribution < 1.29 is 9.53 Å². The van der Waals surface area contributed by atoms with Crippen LogP contribution in [0.25, 0.3) is 16.3 Å². The van der Waals surface area contributed by atoms with E-state index in [0.717, 1.165) is 20.7 Å². The zero-order valence-corrected chi connectivity index (χ0v) is 13.8. The number of nitrogens with zero attached hydrogens (tertiary/aromatic N) is 1. The number of thiazole rings is 1. The van der Waals surface area contributed by atoms with Crippen molar-refractivity contribution in [2.75, 3.05) is 12.4 Å². The van der Waals surface area contributed by atoms with Crippen LogP contribution in [0.3, 0.4) is 0 Å². The molecule has 112 valence electrons. The van der Waals surface area contributed by atoms with E-state index in [9.17, 15) is 4.79 Å². The highest BCUT2D eigenvalue weighted by molar-refractivity contribution is 7.22. The van der Waals surface area contributed by atoms with E-state index in [1.165, 1.54) is 17.4 Å². The van der Waals surface area contributed by atoms with Gasteiger partial charge in [-0.05, 0) is 36.1 Å². The lowest BCUT2D eigenvalue weighted by Crippen LogP contribution is -2.07. The van der Waals surface area contributed by atoms with Crippen LogP contribution < -0.4 is 10.1 Å². The van der Waals surface area contributed by atoms with Gasteiger partial charge in [0, 0.05) is 11.0 Å². The molecule has 3 aromatic rings. The molecule has 0 saturated heterocycles. The molecular weight excluding hydrogens is 316 g/mol. The topological polar surface area (TPSA) is 51.2 Å². The lowest BCUT2D eigenvalue weighted by molar-refractivity contribution is -0.111. The van der Waals surface area contributed by atoms with Gasteiger partial charge in [0.25, 0.3) is 0 Å². The van der Waals surface area contributed by atoms with Gasteiger partial charge in [-0.15, -0.1) is 11.3 Å². The van der Waals surface area contributed by atoms with Gasteiger partial charge in [-0.3, -0.25) is 10.1 Å². The Hall–Kier alpha value is -2.18. The SMILES string of the molecule is COc1ccc(C)c2sc(NC(=O)C=Cc3cccs3)nc12. The second kappa shape index (κ2) is 6.29. The van der Waals surface area contributed by atoms with E-state index in [0.29, 0.717) is 10.9 Å². The van der Waals surface area contributed by atoms with Gasteiger partial charge < -0.3 is 4.74 Å². The maximum atomic E-state index is 12.0. The van der Waals surface area contributed by atoms with Crippen LogP contribution in [-0.2, 0) is 4.79 Å². The second-order valence-electron chi connectivity index (χ2n) is 4.62. The first-order chi connectivity index (χ1) is 10.7. The standard InChI is InChI=1S/C16H14N2O2S2/c1-10-5-7-12(20-2)14-15(10)22-16(18-14)17-13(19)8-6-11-4-3-9-21-11/h3-9H,1-2H3,(H,17,18,19). The first-order valence-corrected chi connectivity index (χ1v) is 8.33. The fourth-order valence-corrected chi connectivity index (χ4v) is 3.59. The minimum Gasteiger partial charge on any atom is -0.494 e. The molecule has 22 heavy (non-hydrogen) atoms. The van der Waals surface area contributed by atoms with E-state index in [4.69, 9.17) is 4.74 Å². The van der Waals surface area contributed by atoms with Crippen molar-refractivity contribution in [1.82, 2.24) is 4.98 Å². The molecule has 0 spiro atoms. The molecule has 0 atom stereocenters. The van der Waals surface area contributed by atoms with Crippen molar-refractivity contribution in [3.05, 3.63) is 46.2 Å². The summed E-state index contributed by atoms with van der Waals surface area (Å²) in [6, 6.07) is 7.78. The average molecular weight is 330 g/mol. The highest BCUT2D eigenvalue weighted by Gasteiger charge is 2.12. The predicted octanol–water partition coefficient (Wildman–Crippen LogP) is 4.33. The molecule has 1 aromatic carbocycles. The fraction of sp³-hybridized carbons (Fsp3) is 0.125. The molecule has 1 N–H and O–H groups in total. The Morgan fingerprint density at radius 1 is 1.36 bits per heavy atom. The number of carbonyl (C=O) groups is 1. The van der Waals surface area contributed by atoms with Crippen molar-refractivity contribution in [1.29, 1.82) is 0 Å². The van der Waals surface area contributed by atoms with Gasteiger partial charge in [-0.25, -0.2) is 4.98 Å². The van der Waals surface area contributed by atoms with E-state index in [2.05, 4.69) is 10.3 Å². The molecule has 1 amide bonds. The number of hydrogen-bond acceptors (Lipinski definition) is 5. The molecule has 0 aliphatic heterocycles. The number of ether oxygens (including phenoxy) is 1. The Bertz CT molecular complexity index is 835. The number of aryl methyl sites for hydroxylation is 1. The summed E-state index contributed by atoms with van der Waals surface area (Å²) in [5, 5.41) is 5.35. The smallest absolute Gasteiger partial charge is 0.250 e. The minimum absolute atomic E-state index is 0.191. The van der Waals surface area contributed by atoms with E-state index in [1.807, 2.05) is 36.6 Å². The third-order valence-electron chi connectivity index (χ3n) is 3.10. The molecular formula is C16H14N2O2S2. The van der Waals surface area contributed by atoms with E-state index in [1.54, 1.807) is 24.5 Å². The summed E-state index contributed by atoms with van der Waals surface area (Å²) >= 11 is 3.04. The molecule has 2 aromatic heterocycles. The van der Waals surface area contributed by atoms with Gasteiger partial charge in [-0.1, -0.05) is 23.5 Å². The predicted molar refractivity (Wildman–Crippen MR) is 92.9 cm³/mol. The largest absolute Gasteiger partial charge is 0.494 e. The molecule has 0 bridgehead atoms. The zero-order valence-electron chi connectivity index (χ0n) is 12.1. The van der Waals surface area contributed by atoms with Crippen LogP contribution in [0.1, 0.15) is 10.4 Å². The summed E-state index contributed by atoms with van der Waals surface area (Å²) in [6.45, 7) is 2.02. The molecule has 2 heterocycles. The Balaban J connectivity index is 1.82. The molecule has 0 aliphatic carbocycles. The van der Waals surface area contributed by atoms with Crippen LogP contribution in [0.15, 0.2) is 35.7 Å². The molecule has 0 fully saturated rings. The van der Waals surface area contributed by atoms with E-state index < -0.39 is 0 Å². The van der Waals surface area contributed by atoms with Gasteiger partial charge in [0.05, 0.1) is 11.8 Å². The summed E-state index contributed by atoms with van der Waals surface area (Å²) in [7, 11) is 1.62. The molecule has 0 aliphatic rings. The number of benzene rings is 1. The van der Waals surface area contributed by atoms with Crippen molar-refractivity contribution in [3.8, 4) is 5.75 Å². The lowest BCUT2D eigenvalue weighted by Gasteiger charge is -2.01. The molecule has 0 unspecified atom stereocenters. The Morgan fingerprint density at radius 3 is 2.95 bits per heavy atom. The molecule has 0 saturated carbocycles. The summed E-state index contributed by atoms with van der Waals surface area (Å²) in [4.78, 5) is 17.5. The second-order valence-corrected chi connectivity index (χ2v) is 6.60. The minimum atomic E-state index is -0.191. The number of hydrogen-bond donors (Lipinski definition) is 1. The van der Waals surface area contributed by atoms with Crippen LogP contribution in [0.5, 0.6) is 5.75 Å². The lowest BCUT2D eigenvalue weighted by atomic mass is 10.2. The van der Waals surface area contributed by atoms with Crippen molar-refractivity contribution in [2.24, 2.45) is 0 Å². The number of aromatic nitrogens is 1. The van der Waals surface area contributed by atoms with Gasteiger partial charge in [0.15, 0.2) is 5.13 Å². The van der Waals surface area contributed by atoms with Crippen LogP contribution in [0, 0.1) is 6.92 Å². The number of amides is 1. The third kappa shape index (κ3) is 3.03. The number of rotatable bonds is 4. The fourth-order valence-electron chi connectivity index (χ4n) is 2.02. The number of anilines is 1. The maximum Gasteiger partial charge on any atom is 0.250 e. The number of methoxy groups -OCH3 is 1. The van der Waals surface area contributed by atoms with Crippen molar-refractivity contribution in [3.63, 3.8) is 0 Å². The van der Waals surface area contributed by atoms with Gasteiger partial charge >= 0.3 is 0 Å². The summed E-state index contributed by atoms with van der Waals surface area (Å²) in [5.74, 6) is 0.524. The number of carbonyl (C=O) groups excluding carboxylic acids is 1. The summed E-state index contributed by atoms with van der Waals surface area (Å²) < 4.78 is 6.34. The van der Waals surface area contributed by atoms with Crippen molar-refractivity contribution >= 4 is 50.0 Å². The van der Waals surface area contributed by atoms with Crippen LogP contribution in [0.2, 0.25) is 0 Å². The molecule has 0 radical (unpaired) electrons. The van der Waals surface area contributed by atoms with Gasteiger partial charge in [0.2, 0.25) is 5.91 Å². The Morgan fingerprint density at radius 2 is 2.23 bits per heavy atom. The number of fused-ring (bicyclic) bond motifs is 1. The Labute approximate surface area is 136 Å². The van der Waals surface area contributed by atoms with Gasteiger partial charge in [0.1, 0.15) is 11.3 Å².